The number of amides is 1. The van der Waals surface area contributed by atoms with Gasteiger partial charge in [0, 0.05) is 26.2 Å². The average Bonchev–Trinajstić information content (AvgIpc) is 2.69. The van der Waals surface area contributed by atoms with Crippen molar-refractivity contribution in [3.63, 3.8) is 0 Å². The predicted molar refractivity (Wildman–Crippen MR) is 73.6 cm³/mol. The van der Waals surface area contributed by atoms with Gasteiger partial charge in [0.2, 0.25) is 5.91 Å². The Hall–Kier alpha value is -0.610. The molecule has 1 saturated heterocycles. The molecule has 2 N–H and O–H groups in total. The minimum atomic E-state index is -0.335. The quantitative estimate of drug-likeness (QED) is 0.744. The van der Waals surface area contributed by atoms with E-state index in [-0.39, 0.29) is 22.3 Å². The summed E-state index contributed by atoms with van der Waals surface area (Å²) in [5.74, 6) is 0.291. The summed E-state index contributed by atoms with van der Waals surface area (Å²) in [6.07, 6.45) is 2.23. The Kier molecular flexibility index (Phi) is 2.78. The van der Waals surface area contributed by atoms with Gasteiger partial charge < -0.3 is 15.3 Å². The van der Waals surface area contributed by atoms with E-state index in [0.29, 0.717) is 12.3 Å². The molecule has 108 valence electrons. The van der Waals surface area contributed by atoms with Crippen LogP contribution in [0.3, 0.4) is 0 Å². The van der Waals surface area contributed by atoms with Gasteiger partial charge in [0.05, 0.1) is 11.5 Å². The first kappa shape index (κ1) is 13.4. The lowest BCUT2D eigenvalue weighted by Crippen LogP contribution is -2.54. The Morgan fingerprint density at radius 2 is 1.84 bits per heavy atom. The fourth-order valence-corrected chi connectivity index (χ4v) is 4.77. The molecule has 3 fully saturated rings. The molecule has 2 saturated carbocycles. The molecule has 1 heterocycles. The third-order valence-corrected chi connectivity index (χ3v) is 6.79. The van der Waals surface area contributed by atoms with Gasteiger partial charge >= 0.3 is 0 Å². The number of carbonyl (C=O) groups excluding carboxylic acids is 1. The van der Waals surface area contributed by atoms with Crippen LogP contribution in [-0.4, -0.2) is 48.2 Å². The maximum atomic E-state index is 13.1. The summed E-state index contributed by atoms with van der Waals surface area (Å²) in [6, 6.07) is 0. The van der Waals surface area contributed by atoms with E-state index in [1.54, 1.807) is 0 Å². The molecule has 0 unspecified atom stereocenters. The molecule has 1 aliphatic heterocycles. The first-order valence-electron chi connectivity index (χ1n) is 7.53. The zero-order valence-electron chi connectivity index (χ0n) is 12.3. The van der Waals surface area contributed by atoms with Crippen LogP contribution in [0.5, 0.6) is 0 Å². The molecular weight excluding hydrogens is 240 g/mol. The highest BCUT2D eigenvalue weighted by Gasteiger charge is 2.72. The third kappa shape index (κ3) is 1.44. The van der Waals surface area contributed by atoms with Gasteiger partial charge in [0.25, 0.3) is 0 Å². The van der Waals surface area contributed by atoms with Crippen LogP contribution in [0, 0.1) is 16.2 Å². The van der Waals surface area contributed by atoms with E-state index in [1.807, 2.05) is 4.90 Å². The van der Waals surface area contributed by atoms with Crippen LogP contribution in [0.4, 0.5) is 0 Å². The van der Waals surface area contributed by atoms with Crippen molar-refractivity contribution in [3.05, 3.63) is 0 Å². The molecule has 4 heteroatoms. The Balaban J connectivity index is 1.93. The molecule has 2 bridgehead atoms. The molecule has 1 amide bonds. The van der Waals surface area contributed by atoms with Crippen molar-refractivity contribution < 1.29 is 9.90 Å². The summed E-state index contributed by atoms with van der Waals surface area (Å²) in [5, 5.41) is 13.7. The largest absolute Gasteiger partial charge is 0.393 e. The second-order valence-electron chi connectivity index (χ2n) is 7.39. The molecule has 0 spiro atoms. The maximum Gasteiger partial charge on any atom is 0.229 e. The molecule has 0 aromatic carbocycles. The summed E-state index contributed by atoms with van der Waals surface area (Å²) in [6.45, 7) is 9.95. The van der Waals surface area contributed by atoms with Crippen LogP contribution in [0.1, 0.15) is 40.0 Å². The van der Waals surface area contributed by atoms with E-state index in [4.69, 9.17) is 0 Å². The van der Waals surface area contributed by atoms with Gasteiger partial charge in [-0.25, -0.2) is 0 Å². The van der Waals surface area contributed by atoms with Crippen LogP contribution in [0.15, 0.2) is 0 Å². The minimum Gasteiger partial charge on any atom is -0.393 e. The predicted octanol–water partition coefficient (Wildman–Crippen LogP) is 0.995. The van der Waals surface area contributed by atoms with Crippen molar-refractivity contribution in [3.8, 4) is 0 Å². The van der Waals surface area contributed by atoms with E-state index < -0.39 is 0 Å². The fourth-order valence-electron chi connectivity index (χ4n) is 4.77. The highest BCUT2D eigenvalue weighted by atomic mass is 16.3. The molecule has 0 aromatic rings. The topological polar surface area (TPSA) is 52.6 Å². The Bertz CT molecular complexity index is 403. The van der Waals surface area contributed by atoms with Gasteiger partial charge in [0.1, 0.15) is 0 Å². The number of carbonyl (C=O) groups is 1. The fraction of sp³-hybridized carbons (Fsp3) is 0.933. The van der Waals surface area contributed by atoms with Crippen molar-refractivity contribution >= 4 is 5.91 Å². The van der Waals surface area contributed by atoms with Gasteiger partial charge in [0.15, 0.2) is 0 Å². The van der Waals surface area contributed by atoms with Gasteiger partial charge in [-0.1, -0.05) is 20.8 Å². The Labute approximate surface area is 115 Å². The summed E-state index contributed by atoms with van der Waals surface area (Å²) >= 11 is 0. The van der Waals surface area contributed by atoms with E-state index >= 15 is 0 Å². The average molecular weight is 266 g/mol. The molecule has 3 aliphatic rings. The third-order valence-electron chi connectivity index (χ3n) is 6.79. The molecular formula is C15H26N2O2. The van der Waals surface area contributed by atoms with E-state index in [0.717, 1.165) is 39.0 Å². The molecule has 3 atom stereocenters. The zero-order valence-corrected chi connectivity index (χ0v) is 12.3. The standard InChI is InChI=1S/C15H26N2O2/c1-13(2)14(3)4-5-15(13,10-11(14)18)12(19)17-8-6-16-7-9-17/h11,16,18H,4-10H2,1-3H3/t11-,14-,15-/m0/s1. The lowest BCUT2D eigenvalue weighted by atomic mass is 9.64. The van der Waals surface area contributed by atoms with E-state index in [9.17, 15) is 9.90 Å². The lowest BCUT2D eigenvalue weighted by molar-refractivity contribution is -0.148. The van der Waals surface area contributed by atoms with Crippen molar-refractivity contribution in [2.75, 3.05) is 26.2 Å². The first-order chi connectivity index (χ1) is 8.85. The summed E-state index contributed by atoms with van der Waals surface area (Å²) in [7, 11) is 0. The zero-order chi connectivity index (χ0) is 13.9. The highest BCUT2D eigenvalue weighted by Crippen LogP contribution is 2.72. The number of nitrogens with zero attached hydrogens (tertiary/aromatic N) is 1. The van der Waals surface area contributed by atoms with Crippen LogP contribution in [-0.2, 0) is 4.79 Å². The maximum absolute atomic E-state index is 13.1. The summed E-state index contributed by atoms with van der Waals surface area (Å²) in [5.41, 5.74) is -0.545. The first-order valence-corrected chi connectivity index (χ1v) is 7.53. The van der Waals surface area contributed by atoms with Crippen molar-refractivity contribution in [2.45, 2.75) is 46.1 Å². The van der Waals surface area contributed by atoms with E-state index in [2.05, 4.69) is 26.1 Å². The SMILES string of the molecule is CC1(C)[C@@]2(C(=O)N3CCNCC3)CC[C@@]1(C)[C@@H](O)C2. The molecule has 0 radical (unpaired) electrons. The highest BCUT2D eigenvalue weighted by molar-refractivity contribution is 5.85. The summed E-state index contributed by atoms with van der Waals surface area (Å²) < 4.78 is 0. The molecule has 3 rings (SSSR count). The lowest BCUT2D eigenvalue weighted by Gasteiger charge is -2.43. The number of rotatable bonds is 1. The van der Waals surface area contributed by atoms with Gasteiger partial charge in [-0.15, -0.1) is 0 Å². The number of piperazine rings is 1. The number of hydrogen-bond acceptors (Lipinski definition) is 3. The molecule has 0 aromatic heterocycles. The number of nitrogens with one attached hydrogen (secondary N) is 1. The second-order valence-corrected chi connectivity index (χ2v) is 7.39. The van der Waals surface area contributed by atoms with Crippen LogP contribution >= 0.6 is 0 Å². The smallest absolute Gasteiger partial charge is 0.229 e. The van der Waals surface area contributed by atoms with Gasteiger partial charge in [-0.2, -0.15) is 0 Å². The van der Waals surface area contributed by atoms with Crippen molar-refractivity contribution in [1.82, 2.24) is 10.2 Å². The summed E-state index contributed by atoms with van der Waals surface area (Å²) in [4.78, 5) is 15.1. The Morgan fingerprint density at radius 3 is 2.32 bits per heavy atom. The normalized spacial score (nSPS) is 44.6. The molecule has 4 nitrogen and oxygen atoms in total. The van der Waals surface area contributed by atoms with Gasteiger partial charge in [-0.05, 0) is 30.1 Å². The molecule has 19 heavy (non-hydrogen) atoms. The Morgan fingerprint density at radius 1 is 1.21 bits per heavy atom. The molecule has 2 aliphatic carbocycles. The number of hydrogen-bond donors (Lipinski definition) is 2. The number of fused-ring (bicyclic) bond motifs is 2. The van der Waals surface area contributed by atoms with Crippen molar-refractivity contribution in [1.29, 1.82) is 0 Å². The number of aliphatic hydroxyl groups is 1. The second kappa shape index (κ2) is 3.95. The van der Waals surface area contributed by atoms with Gasteiger partial charge in [-0.3, -0.25) is 4.79 Å². The van der Waals surface area contributed by atoms with Crippen LogP contribution < -0.4 is 5.32 Å². The van der Waals surface area contributed by atoms with Crippen LogP contribution in [0.2, 0.25) is 0 Å². The number of aliphatic hydroxyl groups excluding tert-OH is 1. The van der Waals surface area contributed by atoms with Crippen LogP contribution in [0.25, 0.3) is 0 Å². The monoisotopic (exact) mass is 266 g/mol. The van der Waals surface area contributed by atoms with Crippen molar-refractivity contribution in [2.24, 2.45) is 16.2 Å². The minimum absolute atomic E-state index is 0.100. The van der Waals surface area contributed by atoms with E-state index in [1.165, 1.54) is 0 Å².